The van der Waals surface area contributed by atoms with Crippen molar-refractivity contribution in [2.24, 2.45) is 0 Å². The first-order valence-corrected chi connectivity index (χ1v) is 5.30. The highest BCUT2D eigenvalue weighted by molar-refractivity contribution is 5.57. The molecule has 1 aliphatic rings. The summed E-state index contributed by atoms with van der Waals surface area (Å²) in [6.07, 6.45) is 4.54. The van der Waals surface area contributed by atoms with Gasteiger partial charge in [0.25, 0.3) is 0 Å². The van der Waals surface area contributed by atoms with Gasteiger partial charge in [0.15, 0.2) is 0 Å². The van der Waals surface area contributed by atoms with Gasteiger partial charge in [-0.05, 0) is 12.8 Å². The van der Waals surface area contributed by atoms with E-state index in [-0.39, 0.29) is 6.04 Å². The van der Waals surface area contributed by atoms with Crippen LogP contribution in [0.5, 0.6) is 0 Å². The van der Waals surface area contributed by atoms with Crippen LogP contribution in [0.25, 0.3) is 0 Å². The van der Waals surface area contributed by atoms with Crippen molar-refractivity contribution in [1.29, 1.82) is 0 Å². The average Bonchev–Trinajstić information content (AvgIpc) is 2.20. The predicted molar refractivity (Wildman–Crippen MR) is 53.3 cm³/mol. The molecule has 13 heavy (non-hydrogen) atoms. The molecule has 0 aliphatic carbocycles. The van der Waals surface area contributed by atoms with Crippen LogP contribution in [0.1, 0.15) is 33.1 Å². The average molecular weight is 184 g/mol. The molecule has 0 N–H and O–H groups in total. The van der Waals surface area contributed by atoms with E-state index < -0.39 is 0 Å². The van der Waals surface area contributed by atoms with Crippen molar-refractivity contribution in [2.75, 3.05) is 19.6 Å². The molecular formula is C10H20N2O. The van der Waals surface area contributed by atoms with Crippen molar-refractivity contribution in [3.05, 3.63) is 0 Å². The molecule has 0 aromatic rings. The minimum Gasteiger partial charge on any atom is -0.302 e. The Kier molecular flexibility index (Phi) is 4.39. The molecule has 0 saturated carbocycles. The van der Waals surface area contributed by atoms with Crippen molar-refractivity contribution in [3.8, 4) is 0 Å². The minimum atomic E-state index is 0.133. The number of hydrogen-bond donors (Lipinski definition) is 0. The lowest BCUT2D eigenvalue weighted by Gasteiger charge is -2.40. The van der Waals surface area contributed by atoms with Gasteiger partial charge in [-0.2, -0.15) is 0 Å². The van der Waals surface area contributed by atoms with Crippen LogP contribution in [0.2, 0.25) is 0 Å². The molecule has 1 rings (SSSR count). The van der Waals surface area contributed by atoms with E-state index in [4.69, 9.17) is 0 Å². The largest absolute Gasteiger partial charge is 0.302 e. The van der Waals surface area contributed by atoms with E-state index >= 15 is 0 Å². The van der Waals surface area contributed by atoms with Gasteiger partial charge in [-0.25, -0.2) is 10.0 Å². The number of piperidine rings is 1. The van der Waals surface area contributed by atoms with Gasteiger partial charge in [-0.15, -0.1) is 0 Å². The number of hydrazine groups is 1. The van der Waals surface area contributed by atoms with Crippen LogP contribution in [0.3, 0.4) is 0 Å². The van der Waals surface area contributed by atoms with Crippen LogP contribution in [0.15, 0.2) is 0 Å². The summed E-state index contributed by atoms with van der Waals surface area (Å²) >= 11 is 0. The van der Waals surface area contributed by atoms with E-state index in [1.54, 1.807) is 0 Å². The summed E-state index contributed by atoms with van der Waals surface area (Å²) in [6.45, 7) is 7.33. The van der Waals surface area contributed by atoms with Gasteiger partial charge in [-0.3, -0.25) is 0 Å². The molecule has 0 bridgehead atoms. The topological polar surface area (TPSA) is 23.6 Å². The molecule has 3 nitrogen and oxygen atoms in total. The molecule has 1 atom stereocenters. The van der Waals surface area contributed by atoms with E-state index in [1.165, 1.54) is 12.8 Å². The van der Waals surface area contributed by atoms with Crippen LogP contribution < -0.4 is 0 Å². The number of carbonyl (C=O) groups excluding carboxylic acids is 1. The summed E-state index contributed by atoms with van der Waals surface area (Å²) in [5.41, 5.74) is 0. The lowest BCUT2D eigenvalue weighted by molar-refractivity contribution is -0.126. The highest BCUT2D eigenvalue weighted by Crippen LogP contribution is 2.17. The maximum Gasteiger partial charge on any atom is 0.138 e. The Morgan fingerprint density at radius 1 is 1.38 bits per heavy atom. The van der Waals surface area contributed by atoms with E-state index in [0.717, 1.165) is 32.3 Å². The molecule has 1 heterocycles. The molecule has 0 radical (unpaired) electrons. The second-order valence-electron chi connectivity index (χ2n) is 3.50. The summed E-state index contributed by atoms with van der Waals surface area (Å²) in [5, 5.41) is 4.49. The molecule has 0 amide bonds. The molecule has 3 heteroatoms. The Hall–Kier alpha value is -0.410. The van der Waals surface area contributed by atoms with Crippen LogP contribution in [-0.2, 0) is 4.79 Å². The first-order chi connectivity index (χ1) is 6.33. The molecule has 1 aliphatic heterocycles. The van der Waals surface area contributed by atoms with Crippen LogP contribution >= 0.6 is 0 Å². The molecule has 1 unspecified atom stereocenters. The third kappa shape index (κ3) is 2.51. The van der Waals surface area contributed by atoms with E-state index in [1.807, 2.05) is 0 Å². The summed E-state index contributed by atoms with van der Waals surface area (Å²) in [4.78, 5) is 10.8. The SMILES string of the molecule is CCN(CC)N1CCCCC1C=O. The lowest BCUT2D eigenvalue weighted by atomic mass is 10.1. The Bertz CT molecular complexity index is 157. The summed E-state index contributed by atoms with van der Waals surface area (Å²) in [5.74, 6) is 0. The normalized spacial score (nSPS) is 25.0. The van der Waals surface area contributed by atoms with Crippen LogP contribution in [0.4, 0.5) is 0 Å². The first kappa shape index (κ1) is 10.7. The summed E-state index contributed by atoms with van der Waals surface area (Å²) < 4.78 is 0. The third-order valence-corrected chi connectivity index (χ3v) is 2.77. The third-order valence-electron chi connectivity index (χ3n) is 2.77. The quantitative estimate of drug-likeness (QED) is 0.615. The van der Waals surface area contributed by atoms with Gasteiger partial charge < -0.3 is 4.79 Å². The van der Waals surface area contributed by atoms with Gasteiger partial charge in [0, 0.05) is 19.6 Å². The summed E-state index contributed by atoms with van der Waals surface area (Å²) in [6, 6.07) is 0.133. The number of rotatable bonds is 4. The fourth-order valence-electron chi connectivity index (χ4n) is 2.02. The Morgan fingerprint density at radius 2 is 2.08 bits per heavy atom. The van der Waals surface area contributed by atoms with Gasteiger partial charge in [0.1, 0.15) is 6.29 Å². The molecule has 1 fully saturated rings. The van der Waals surface area contributed by atoms with Crippen LogP contribution in [-0.4, -0.2) is 42.0 Å². The van der Waals surface area contributed by atoms with Gasteiger partial charge in [0.05, 0.1) is 6.04 Å². The van der Waals surface area contributed by atoms with E-state index in [0.29, 0.717) is 0 Å². The standard InChI is InChI=1S/C10H20N2O/c1-3-11(4-2)12-8-6-5-7-10(12)9-13/h9-10H,3-8H2,1-2H3. The zero-order chi connectivity index (χ0) is 9.68. The molecule has 0 aromatic carbocycles. The highest BCUT2D eigenvalue weighted by atomic mass is 16.1. The zero-order valence-electron chi connectivity index (χ0n) is 8.70. The molecule has 1 saturated heterocycles. The van der Waals surface area contributed by atoms with Gasteiger partial charge in [-0.1, -0.05) is 20.3 Å². The van der Waals surface area contributed by atoms with Crippen molar-refractivity contribution in [3.63, 3.8) is 0 Å². The number of carbonyl (C=O) groups is 1. The minimum absolute atomic E-state index is 0.133. The predicted octanol–water partition coefficient (Wildman–Crippen LogP) is 1.30. The maximum atomic E-state index is 10.8. The number of hydrogen-bond acceptors (Lipinski definition) is 3. The fourth-order valence-corrected chi connectivity index (χ4v) is 2.02. The molecule has 76 valence electrons. The Morgan fingerprint density at radius 3 is 2.62 bits per heavy atom. The van der Waals surface area contributed by atoms with Gasteiger partial charge in [0.2, 0.25) is 0 Å². The smallest absolute Gasteiger partial charge is 0.138 e. The number of nitrogens with zero attached hydrogens (tertiary/aromatic N) is 2. The molecular weight excluding hydrogens is 164 g/mol. The second-order valence-corrected chi connectivity index (χ2v) is 3.50. The van der Waals surface area contributed by atoms with Crippen molar-refractivity contribution in [2.45, 2.75) is 39.2 Å². The van der Waals surface area contributed by atoms with Crippen molar-refractivity contribution < 1.29 is 4.79 Å². The monoisotopic (exact) mass is 184 g/mol. The zero-order valence-corrected chi connectivity index (χ0v) is 8.70. The fraction of sp³-hybridized carbons (Fsp3) is 0.900. The maximum absolute atomic E-state index is 10.8. The number of aldehydes is 1. The van der Waals surface area contributed by atoms with E-state index in [2.05, 4.69) is 23.9 Å². The van der Waals surface area contributed by atoms with Crippen molar-refractivity contribution >= 4 is 6.29 Å². The van der Waals surface area contributed by atoms with Gasteiger partial charge >= 0.3 is 0 Å². The summed E-state index contributed by atoms with van der Waals surface area (Å²) in [7, 11) is 0. The first-order valence-electron chi connectivity index (χ1n) is 5.30. The lowest BCUT2D eigenvalue weighted by Crippen LogP contribution is -2.51. The Balaban J connectivity index is 2.56. The Labute approximate surface area is 80.7 Å². The van der Waals surface area contributed by atoms with Crippen molar-refractivity contribution in [1.82, 2.24) is 10.0 Å². The van der Waals surface area contributed by atoms with E-state index in [9.17, 15) is 4.79 Å². The molecule has 0 aromatic heterocycles. The molecule has 0 spiro atoms. The highest BCUT2D eigenvalue weighted by Gasteiger charge is 2.24. The van der Waals surface area contributed by atoms with Crippen LogP contribution in [0, 0.1) is 0 Å². The second kappa shape index (κ2) is 5.35.